The molecule has 26 heavy (non-hydrogen) atoms. The normalized spacial score (nSPS) is 12.2. The van der Waals surface area contributed by atoms with Gasteiger partial charge in [-0.2, -0.15) is 0 Å². The van der Waals surface area contributed by atoms with Gasteiger partial charge in [0.2, 0.25) is 12.7 Å². The van der Waals surface area contributed by atoms with Crippen LogP contribution in [0.1, 0.15) is 0 Å². The van der Waals surface area contributed by atoms with Gasteiger partial charge in [-0.25, -0.2) is 0 Å². The molecule has 9 heteroatoms. The Morgan fingerprint density at radius 1 is 1.27 bits per heavy atom. The number of amides is 1. The number of carbonyl (C=O) groups is 1. The first kappa shape index (κ1) is 16.4. The van der Waals surface area contributed by atoms with Gasteiger partial charge in [-0.15, -0.1) is 10.2 Å². The Kier molecular flexibility index (Phi) is 4.44. The van der Waals surface area contributed by atoms with Crippen LogP contribution in [0.4, 0.5) is 5.69 Å². The van der Waals surface area contributed by atoms with Gasteiger partial charge < -0.3 is 19.4 Å². The SMILES string of the molecule is Cn1c(SCC(=O)Nc2ccc3c(c2)OCO3)nnc1-c1cccnc1. The van der Waals surface area contributed by atoms with Gasteiger partial charge in [-0.05, 0) is 24.3 Å². The third kappa shape index (κ3) is 3.33. The maximum absolute atomic E-state index is 12.2. The Balaban J connectivity index is 1.38. The summed E-state index contributed by atoms with van der Waals surface area (Å²) in [6.07, 6.45) is 3.43. The minimum Gasteiger partial charge on any atom is -0.454 e. The fourth-order valence-corrected chi connectivity index (χ4v) is 3.20. The largest absolute Gasteiger partial charge is 0.454 e. The van der Waals surface area contributed by atoms with E-state index >= 15 is 0 Å². The number of rotatable bonds is 5. The van der Waals surface area contributed by atoms with Crippen molar-refractivity contribution in [1.82, 2.24) is 19.7 Å². The zero-order valence-electron chi connectivity index (χ0n) is 13.9. The van der Waals surface area contributed by atoms with Crippen LogP contribution in [0.25, 0.3) is 11.4 Å². The number of thioether (sulfide) groups is 1. The predicted octanol–water partition coefficient (Wildman–Crippen LogP) is 2.34. The van der Waals surface area contributed by atoms with Crippen LogP contribution >= 0.6 is 11.8 Å². The molecule has 132 valence electrons. The standard InChI is InChI=1S/C17H15N5O3S/c1-22-16(11-3-2-6-18-8-11)20-21-17(22)26-9-15(23)19-12-4-5-13-14(7-12)25-10-24-13/h2-8H,9-10H2,1H3,(H,19,23). The van der Waals surface area contributed by atoms with Gasteiger partial charge in [0.05, 0.1) is 5.75 Å². The van der Waals surface area contributed by atoms with E-state index in [0.29, 0.717) is 28.2 Å². The van der Waals surface area contributed by atoms with Crippen molar-refractivity contribution < 1.29 is 14.3 Å². The lowest BCUT2D eigenvalue weighted by atomic mass is 10.3. The van der Waals surface area contributed by atoms with Crippen LogP contribution in [-0.4, -0.2) is 38.2 Å². The van der Waals surface area contributed by atoms with Gasteiger partial charge in [0, 0.05) is 36.8 Å². The molecule has 0 fully saturated rings. The third-order valence-corrected chi connectivity index (χ3v) is 4.76. The summed E-state index contributed by atoms with van der Waals surface area (Å²) in [4.78, 5) is 16.3. The number of hydrogen-bond donors (Lipinski definition) is 1. The van der Waals surface area contributed by atoms with Crippen molar-refractivity contribution in [2.45, 2.75) is 5.16 Å². The first-order valence-corrected chi connectivity index (χ1v) is 8.81. The van der Waals surface area contributed by atoms with Crippen LogP contribution in [0.15, 0.2) is 47.9 Å². The van der Waals surface area contributed by atoms with E-state index in [-0.39, 0.29) is 18.5 Å². The Labute approximate surface area is 153 Å². The average Bonchev–Trinajstić information content (AvgIpc) is 3.27. The minimum atomic E-state index is -0.139. The molecule has 0 saturated heterocycles. The molecule has 0 unspecified atom stereocenters. The first-order chi connectivity index (χ1) is 12.7. The molecular weight excluding hydrogens is 354 g/mol. The molecule has 1 amide bonds. The Hall–Kier alpha value is -3.07. The molecule has 4 rings (SSSR count). The smallest absolute Gasteiger partial charge is 0.234 e. The first-order valence-electron chi connectivity index (χ1n) is 7.83. The molecule has 0 radical (unpaired) electrons. The van der Waals surface area contributed by atoms with Gasteiger partial charge in [0.25, 0.3) is 0 Å². The predicted molar refractivity (Wildman–Crippen MR) is 96.2 cm³/mol. The molecule has 1 aromatic carbocycles. The van der Waals surface area contributed by atoms with Crippen molar-refractivity contribution in [2.24, 2.45) is 7.05 Å². The van der Waals surface area contributed by atoms with E-state index < -0.39 is 0 Å². The maximum atomic E-state index is 12.2. The quantitative estimate of drug-likeness (QED) is 0.690. The van der Waals surface area contributed by atoms with E-state index in [2.05, 4.69) is 20.5 Å². The molecule has 1 N–H and O–H groups in total. The number of carbonyl (C=O) groups excluding carboxylic acids is 1. The van der Waals surface area contributed by atoms with Gasteiger partial charge in [0.1, 0.15) is 0 Å². The number of nitrogens with one attached hydrogen (secondary N) is 1. The van der Waals surface area contributed by atoms with Crippen molar-refractivity contribution in [3.63, 3.8) is 0 Å². The number of pyridine rings is 1. The van der Waals surface area contributed by atoms with Crippen molar-refractivity contribution in [1.29, 1.82) is 0 Å². The van der Waals surface area contributed by atoms with Crippen molar-refractivity contribution in [2.75, 3.05) is 17.9 Å². The zero-order chi connectivity index (χ0) is 17.9. The monoisotopic (exact) mass is 369 g/mol. The number of nitrogens with zero attached hydrogens (tertiary/aromatic N) is 4. The average molecular weight is 369 g/mol. The van der Waals surface area contributed by atoms with Crippen LogP contribution in [0.3, 0.4) is 0 Å². The molecule has 1 aliphatic rings. The molecule has 1 aliphatic heterocycles. The molecule has 0 saturated carbocycles. The molecule has 8 nitrogen and oxygen atoms in total. The number of ether oxygens (including phenoxy) is 2. The summed E-state index contributed by atoms with van der Waals surface area (Å²) in [6, 6.07) is 9.05. The molecule has 3 heterocycles. The third-order valence-electron chi connectivity index (χ3n) is 3.74. The lowest BCUT2D eigenvalue weighted by Gasteiger charge is -2.06. The van der Waals surface area contributed by atoms with Crippen LogP contribution in [0, 0.1) is 0 Å². The highest BCUT2D eigenvalue weighted by Gasteiger charge is 2.15. The van der Waals surface area contributed by atoms with Gasteiger partial charge in [0.15, 0.2) is 22.5 Å². The highest BCUT2D eigenvalue weighted by atomic mass is 32.2. The van der Waals surface area contributed by atoms with Crippen molar-refractivity contribution in [3.05, 3.63) is 42.7 Å². The maximum Gasteiger partial charge on any atom is 0.234 e. The summed E-state index contributed by atoms with van der Waals surface area (Å²) in [7, 11) is 1.86. The fourth-order valence-electron chi connectivity index (χ4n) is 2.49. The second-order valence-corrected chi connectivity index (χ2v) is 6.45. The van der Waals surface area contributed by atoms with Crippen LogP contribution in [0.2, 0.25) is 0 Å². The van der Waals surface area contributed by atoms with Crippen LogP contribution in [-0.2, 0) is 11.8 Å². The Morgan fingerprint density at radius 3 is 3.00 bits per heavy atom. The minimum absolute atomic E-state index is 0.139. The molecule has 2 aromatic heterocycles. The number of aromatic nitrogens is 4. The molecule has 0 atom stereocenters. The topological polar surface area (TPSA) is 91.2 Å². The van der Waals surface area contributed by atoms with Crippen molar-refractivity contribution >= 4 is 23.4 Å². The molecule has 0 aliphatic carbocycles. The highest BCUT2D eigenvalue weighted by Crippen LogP contribution is 2.34. The molecule has 0 bridgehead atoms. The molecular formula is C17H15N5O3S. The van der Waals surface area contributed by atoms with Crippen molar-refractivity contribution in [3.8, 4) is 22.9 Å². The summed E-state index contributed by atoms with van der Waals surface area (Å²) in [6.45, 7) is 0.202. The van der Waals surface area contributed by atoms with Gasteiger partial charge in [-0.1, -0.05) is 11.8 Å². The van der Waals surface area contributed by atoms with Gasteiger partial charge >= 0.3 is 0 Å². The Morgan fingerprint density at radius 2 is 2.15 bits per heavy atom. The number of fused-ring (bicyclic) bond motifs is 1. The highest BCUT2D eigenvalue weighted by molar-refractivity contribution is 7.99. The summed E-state index contributed by atoms with van der Waals surface area (Å²) < 4.78 is 12.4. The van der Waals surface area contributed by atoms with Crippen LogP contribution in [0.5, 0.6) is 11.5 Å². The second kappa shape index (κ2) is 7.04. The van der Waals surface area contributed by atoms with Gasteiger partial charge in [-0.3, -0.25) is 9.78 Å². The lowest BCUT2D eigenvalue weighted by Crippen LogP contribution is -2.14. The van der Waals surface area contributed by atoms with E-state index in [4.69, 9.17) is 9.47 Å². The molecule has 3 aromatic rings. The summed E-state index contributed by atoms with van der Waals surface area (Å²) in [5.41, 5.74) is 1.54. The summed E-state index contributed by atoms with van der Waals surface area (Å²) >= 11 is 1.32. The Bertz CT molecular complexity index is 945. The fraction of sp³-hybridized carbons (Fsp3) is 0.176. The lowest BCUT2D eigenvalue weighted by molar-refractivity contribution is -0.113. The van der Waals surface area contributed by atoms with Crippen LogP contribution < -0.4 is 14.8 Å². The summed E-state index contributed by atoms with van der Waals surface area (Å²) in [5, 5.41) is 11.8. The zero-order valence-corrected chi connectivity index (χ0v) is 14.7. The van der Waals surface area contributed by atoms with E-state index in [9.17, 15) is 4.79 Å². The summed E-state index contributed by atoms with van der Waals surface area (Å²) in [5.74, 6) is 2.09. The van der Waals surface area contributed by atoms with E-state index in [0.717, 1.165) is 5.56 Å². The number of anilines is 1. The van der Waals surface area contributed by atoms with E-state index in [1.54, 1.807) is 30.6 Å². The molecule has 0 spiro atoms. The van der Waals surface area contributed by atoms with E-state index in [1.807, 2.05) is 23.7 Å². The number of benzene rings is 1. The second-order valence-electron chi connectivity index (χ2n) is 5.51. The van der Waals surface area contributed by atoms with E-state index in [1.165, 1.54) is 11.8 Å². The number of hydrogen-bond acceptors (Lipinski definition) is 7.